The SMILES string of the molecule is CC1=C(C)C(=O)C(CCNC(=O)NCc2ccc(C(F)(F)F)cc2)=C(C)C1=O. The molecule has 1 aromatic carbocycles. The van der Waals surface area contributed by atoms with E-state index in [1.165, 1.54) is 12.1 Å². The number of halogens is 3. The molecule has 0 unspecified atom stereocenters. The molecule has 150 valence electrons. The molecule has 1 aliphatic rings. The summed E-state index contributed by atoms with van der Waals surface area (Å²) in [5, 5.41) is 5.11. The lowest BCUT2D eigenvalue weighted by Gasteiger charge is -2.18. The molecule has 0 spiro atoms. The largest absolute Gasteiger partial charge is 0.416 e. The third-order valence-corrected chi connectivity index (χ3v) is 4.71. The van der Waals surface area contributed by atoms with Gasteiger partial charge in [0, 0.05) is 35.4 Å². The molecule has 2 rings (SSSR count). The number of amides is 2. The van der Waals surface area contributed by atoms with E-state index in [1.807, 2.05) is 0 Å². The van der Waals surface area contributed by atoms with Crippen molar-refractivity contribution in [2.75, 3.05) is 6.54 Å². The standard InChI is InChI=1S/C20H21F3N2O3/c1-11-12(2)18(27)16(13(3)17(11)26)8-9-24-19(28)25-10-14-4-6-15(7-5-14)20(21,22)23/h4-7H,8-10H2,1-3H3,(H2,24,25,28). The van der Waals surface area contributed by atoms with E-state index >= 15 is 0 Å². The molecule has 2 N–H and O–H groups in total. The highest BCUT2D eigenvalue weighted by molar-refractivity contribution is 6.24. The molecule has 1 aromatic rings. The van der Waals surface area contributed by atoms with Crippen LogP contribution < -0.4 is 10.6 Å². The number of carbonyl (C=O) groups excluding carboxylic acids is 3. The van der Waals surface area contributed by atoms with Gasteiger partial charge in [0.1, 0.15) is 0 Å². The highest BCUT2D eigenvalue weighted by atomic mass is 19.4. The first-order chi connectivity index (χ1) is 13.0. The maximum absolute atomic E-state index is 12.5. The first-order valence-corrected chi connectivity index (χ1v) is 8.66. The van der Waals surface area contributed by atoms with Gasteiger partial charge in [0.2, 0.25) is 0 Å². The van der Waals surface area contributed by atoms with Gasteiger partial charge in [0.15, 0.2) is 11.6 Å². The van der Waals surface area contributed by atoms with Crippen LogP contribution in [0.2, 0.25) is 0 Å². The van der Waals surface area contributed by atoms with Crippen LogP contribution in [0.4, 0.5) is 18.0 Å². The highest BCUT2D eigenvalue weighted by Gasteiger charge is 2.30. The van der Waals surface area contributed by atoms with Crippen molar-refractivity contribution in [2.24, 2.45) is 0 Å². The molecular weight excluding hydrogens is 373 g/mol. The Kier molecular flexibility index (Phi) is 6.43. The number of hydrogen-bond donors (Lipinski definition) is 2. The van der Waals surface area contributed by atoms with Crippen LogP contribution in [0.3, 0.4) is 0 Å². The van der Waals surface area contributed by atoms with E-state index in [0.29, 0.717) is 27.9 Å². The van der Waals surface area contributed by atoms with Gasteiger partial charge >= 0.3 is 12.2 Å². The Bertz CT molecular complexity index is 866. The van der Waals surface area contributed by atoms with Crippen LogP contribution in [0.25, 0.3) is 0 Å². The fraction of sp³-hybridized carbons (Fsp3) is 0.350. The van der Waals surface area contributed by atoms with Crippen LogP contribution in [0.5, 0.6) is 0 Å². The topological polar surface area (TPSA) is 75.3 Å². The maximum Gasteiger partial charge on any atom is 0.416 e. The number of benzene rings is 1. The second-order valence-electron chi connectivity index (χ2n) is 6.57. The summed E-state index contributed by atoms with van der Waals surface area (Å²) in [4.78, 5) is 36.2. The van der Waals surface area contributed by atoms with Crippen LogP contribution in [-0.4, -0.2) is 24.1 Å². The first kappa shape index (κ1) is 21.4. The van der Waals surface area contributed by atoms with Crippen molar-refractivity contribution in [2.45, 2.75) is 39.9 Å². The molecule has 0 heterocycles. The van der Waals surface area contributed by atoms with Gasteiger partial charge in [-0.1, -0.05) is 12.1 Å². The lowest BCUT2D eigenvalue weighted by atomic mass is 9.84. The van der Waals surface area contributed by atoms with Crippen LogP contribution in [0.1, 0.15) is 38.3 Å². The zero-order chi connectivity index (χ0) is 21.1. The van der Waals surface area contributed by atoms with E-state index in [2.05, 4.69) is 10.6 Å². The van der Waals surface area contributed by atoms with Gasteiger partial charge in [0.25, 0.3) is 0 Å². The van der Waals surface area contributed by atoms with Gasteiger partial charge in [-0.2, -0.15) is 13.2 Å². The molecule has 5 nitrogen and oxygen atoms in total. The molecule has 28 heavy (non-hydrogen) atoms. The second kappa shape index (κ2) is 8.41. The summed E-state index contributed by atoms with van der Waals surface area (Å²) in [5.41, 5.74) is 1.39. The highest BCUT2D eigenvalue weighted by Crippen LogP contribution is 2.29. The number of allylic oxidation sites excluding steroid dienone is 3. The lowest BCUT2D eigenvalue weighted by molar-refractivity contribution is -0.137. The molecule has 0 atom stereocenters. The Labute approximate surface area is 160 Å². The monoisotopic (exact) mass is 394 g/mol. The Balaban J connectivity index is 1.83. The van der Waals surface area contributed by atoms with Gasteiger partial charge in [-0.3, -0.25) is 9.59 Å². The van der Waals surface area contributed by atoms with Crippen molar-refractivity contribution in [3.63, 3.8) is 0 Å². The summed E-state index contributed by atoms with van der Waals surface area (Å²) < 4.78 is 37.6. The molecule has 1 aliphatic carbocycles. The molecule has 0 saturated carbocycles. The molecule has 0 aliphatic heterocycles. The van der Waals surface area contributed by atoms with Crippen molar-refractivity contribution in [1.29, 1.82) is 0 Å². The minimum Gasteiger partial charge on any atom is -0.338 e. The first-order valence-electron chi connectivity index (χ1n) is 8.66. The molecule has 0 saturated heterocycles. The van der Waals surface area contributed by atoms with Crippen molar-refractivity contribution in [1.82, 2.24) is 10.6 Å². The van der Waals surface area contributed by atoms with Crippen LogP contribution >= 0.6 is 0 Å². The number of urea groups is 1. The minimum atomic E-state index is -4.40. The summed E-state index contributed by atoms with van der Waals surface area (Å²) in [7, 11) is 0. The lowest BCUT2D eigenvalue weighted by Crippen LogP contribution is -2.36. The Hall–Kier alpha value is -2.90. The number of Topliss-reactive ketones (excluding diaryl/α,β-unsaturated/α-hetero) is 2. The molecule has 8 heteroatoms. The Morgan fingerprint density at radius 1 is 0.893 bits per heavy atom. The summed E-state index contributed by atoms with van der Waals surface area (Å²) >= 11 is 0. The van der Waals surface area contributed by atoms with Gasteiger partial charge in [0.05, 0.1) is 5.56 Å². The molecule has 0 radical (unpaired) electrons. The van der Waals surface area contributed by atoms with Gasteiger partial charge in [-0.15, -0.1) is 0 Å². The summed E-state index contributed by atoms with van der Waals surface area (Å²) in [5.74, 6) is -0.361. The smallest absolute Gasteiger partial charge is 0.338 e. The van der Waals surface area contributed by atoms with Crippen molar-refractivity contribution in [3.8, 4) is 0 Å². The predicted octanol–water partition coefficient (Wildman–Crippen LogP) is 3.70. The fourth-order valence-corrected chi connectivity index (χ4v) is 2.81. The average Bonchev–Trinajstić information content (AvgIpc) is 2.65. The van der Waals surface area contributed by atoms with Crippen molar-refractivity contribution < 1.29 is 27.6 Å². The van der Waals surface area contributed by atoms with E-state index in [-0.39, 0.29) is 31.1 Å². The van der Waals surface area contributed by atoms with E-state index in [9.17, 15) is 27.6 Å². The number of ketones is 2. The summed E-state index contributed by atoms with van der Waals surface area (Å²) in [6.45, 7) is 5.02. The van der Waals surface area contributed by atoms with Crippen molar-refractivity contribution in [3.05, 3.63) is 57.7 Å². The molecule has 2 amide bonds. The molecule has 0 aromatic heterocycles. The number of nitrogens with one attached hydrogen (secondary N) is 2. The average molecular weight is 394 g/mol. The molecule has 0 fully saturated rings. The summed E-state index contributed by atoms with van der Waals surface area (Å²) in [6.07, 6.45) is -4.19. The number of rotatable bonds is 5. The number of alkyl halides is 3. The zero-order valence-corrected chi connectivity index (χ0v) is 15.8. The van der Waals surface area contributed by atoms with Crippen molar-refractivity contribution >= 4 is 17.6 Å². The molecular formula is C20H21F3N2O3. The third kappa shape index (κ3) is 4.88. The Morgan fingerprint density at radius 2 is 1.46 bits per heavy atom. The summed E-state index contributed by atoms with van der Waals surface area (Å²) in [6, 6.07) is 3.97. The van der Waals surface area contributed by atoms with E-state index in [4.69, 9.17) is 0 Å². The van der Waals surface area contributed by atoms with Crippen LogP contribution in [0.15, 0.2) is 46.6 Å². The van der Waals surface area contributed by atoms with Crippen LogP contribution in [0, 0.1) is 0 Å². The van der Waals surface area contributed by atoms with Crippen LogP contribution in [-0.2, 0) is 22.3 Å². The minimum absolute atomic E-state index is 0.0597. The quantitative estimate of drug-likeness (QED) is 0.748. The maximum atomic E-state index is 12.5. The van der Waals surface area contributed by atoms with Gasteiger partial charge in [-0.25, -0.2) is 4.79 Å². The van der Waals surface area contributed by atoms with Gasteiger partial charge < -0.3 is 10.6 Å². The van der Waals surface area contributed by atoms with E-state index in [1.54, 1.807) is 20.8 Å². The Morgan fingerprint density at radius 3 is 2.04 bits per heavy atom. The molecule has 0 bridgehead atoms. The number of carbonyl (C=O) groups is 3. The normalized spacial score (nSPS) is 15.2. The zero-order valence-electron chi connectivity index (χ0n) is 15.8. The third-order valence-electron chi connectivity index (χ3n) is 4.71. The predicted molar refractivity (Wildman–Crippen MR) is 97.4 cm³/mol. The van der Waals surface area contributed by atoms with E-state index in [0.717, 1.165) is 12.1 Å². The van der Waals surface area contributed by atoms with Gasteiger partial charge in [-0.05, 0) is 44.9 Å². The van der Waals surface area contributed by atoms with E-state index < -0.39 is 17.8 Å². The fourth-order valence-electron chi connectivity index (χ4n) is 2.81. The second-order valence-corrected chi connectivity index (χ2v) is 6.57. The number of hydrogen-bond acceptors (Lipinski definition) is 3.